The molecule has 0 radical (unpaired) electrons. The van der Waals surface area contributed by atoms with Crippen LogP contribution in [0.2, 0.25) is 0 Å². The van der Waals surface area contributed by atoms with E-state index in [1.165, 1.54) is 57.8 Å². The molecule has 2 aromatic rings. The number of halogens is 1. The predicted octanol–water partition coefficient (Wildman–Crippen LogP) is 7.33. The van der Waals surface area contributed by atoms with Gasteiger partial charge in [0.1, 0.15) is 6.61 Å². The van der Waals surface area contributed by atoms with E-state index in [4.69, 9.17) is 4.74 Å². The Bertz CT molecular complexity index is 771. The lowest BCUT2D eigenvalue weighted by Crippen LogP contribution is -2.43. The SMILES string of the molecule is Br.CCCCCCCCCCCC(C)(C)NCCOC(=O)C(O)(c1ccccc1)c1ccccc1. The molecule has 0 amide bonds. The van der Waals surface area contributed by atoms with Crippen molar-refractivity contribution in [2.75, 3.05) is 13.2 Å². The van der Waals surface area contributed by atoms with E-state index in [2.05, 4.69) is 26.1 Å². The van der Waals surface area contributed by atoms with Crippen molar-refractivity contribution in [3.63, 3.8) is 0 Å². The van der Waals surface area contributed by atoms with Gasteiger partial charge in [-0.25, -0.2) is 4.79 Å². The number of unbranched alkanes of at least 4 members (excludes halogenated alkanes) is 8. The molecule has 2 N–H and O–H groups in total. The van der Waals surface area contributed by atoms with E-state index in [1.54, 1.807) is 24.3 Å². The van der Waals surface area contributed by atoms with E-state index >= 15 is 0 Å². The Hall–Kier alpha value is -1.69. The molecule has 0 heterocycles. The molecule has 5 heteroatoms. The second-order valence-corrected chi connectivity index (χ2v) is 9.97. The molecular formula is C30H46BrNO3. The molecule has 0 saturated carbocycles. The van der Waals surface area contributed by atoms with Gasteiger partial charge in [-0.1, -0.05) is 125 Å². The number of nitrogens with one attached hydrogen (secondary N) is 1. The molecule has 2 aromatic carbocycles. The van der Waals surface area contributed by atoms with Gasteiger partial charge in [0.15, 0.2) is 0 Å². The van der Waals surface area contributed by atoms with Crippen LogP contribution in [-0.4, -0.2) is 29.8 Å². The van der Waals surface area contributed by atoms with Crippen LogP contribution in [0, 0.1) is 0 Å². The van der Waals surface area contributed by atoms with E-state index in [0.717, 1.165) is 6.42 Å². The Kier molecular flexibility index (Phi) is 15.1. The molecule has 0 spiro atoms. The third-order valence-corrected chi connectivity index (χ3v) is 6.52. The minimum Gasteiger partial charge on any atom is -0.462 e. The molecule has 0 unspecified atom stereocenters. The summed E-state index contributed by atoms with van der Waals surface area (Å²) in [5.41, 5.74) is -0.827. The van der Waals surface area contributed by atoms with E-state index in [-0.39, 0.29) is 29.1 Å². The highest BCUT2D eigenvalue weighted by atomic mass is 79.9. The van der Waals surface area contributed by atoms with Crippen LogP contribution in [0.4, 0.5) is 0 Å². The molecular weight excluding hydrogens is 502 g/mol. The Labute approximate surface area is 223 Å². The average molecular weight is 549 g/mol. The molecule has 35 heavy (non-hydrogen) atoms. The number of hydrogen-bond donors (Lipinski definition) is 2. The summed E-state index contributed by atoms with van der Waals surface area (Å²) < 4.78 is 5.56. The highest BCUT2D eigenvalue weighted by Crippen LogP contribution is 2.31. The van der Waals surface area contributed by atoms with Gasteiger partial charge in [0.25, 0.3) is 0 Å². The lowest BCUT2D eigenvalue weighted by Gasteiger charge is -2.29. The number of hydrogen-bond acceptors (Lipinski definition) is 4. The maximum Gasteiger partial charge on any atom is 0.347 e. The second-order valence-electron chi connectivity index (χ2n) is 9.97. The van der Waals surface area contributed by atoms with E-state index in [0.29, 0.717) is 17.7 Å². The van der Waals surface area contributed by atoms with Gasteiger partial charge >= 0.3 is 5.97 Å². The minimum absolute atomic E-state index is 0. The first kappa shape index (κ1) is 31.3. The molecule has 0 aliphatic rings. The summed E-state index contributed by atoms with van der Waals surface area (Å²) in [6, 6.07) is 18.0. The van der Waals surface area contributed by atoms with Crippen molar-refractivity contribution in [1.29, 1.82) is 0 Å². The third kappa shape index (κ3) is 10.8. The maximum atomic E-state index is 13.0. The fourth-order valence-corrected chi connectivity index (χ4v) is 4.36. The molecule has 0 saturated heterocycles. The number of esters is 1. The van der Waals surface area contributed by atoms with Crippen LogP contribution in [0.3, 0.4) is 0 Å². The van der Waals surface area contributed by atoms with Crippen molar-refractivity contribution in [1.82, 2.24) is 5.32 Å². The zero-order valence-electron chi connectivity index (χ0n) is 21.9. The Balaban J connectivity index is 0.00000612. The van der Waals surface area contributed by atoms with Gasteiger partial charge in [-0.3, -0.25) is 0 Å². The summed E-state index contributed by atoms with van der Waals surface area (Å²) in [7, 11) is 0. The van der Waals surface area contributed by atoms with Crippen molar-refractivity contribution in [3.8, 4) is 0 Å². The molecule has 4 nitrogen and oxygen atoms in total. The predicted molar refractivity (Wildman–Crippen MR) is 151 cm³/mol. The van der Waals surface area contributed by atoms with Crippen molar-refractivity contribution in [2.24, 2.45) is 0 Å². The van der Waals surface area contributed by atoms with Crippen molar-refractivity contribution >= 4 is 23.0 Å². The third-order valence-electron chi connectivity index (χ3n) is 6.52. The Morgan fingerprint density at radius 2 is 1.26 bits per heavy atom. The van der Waals surface area contributed by atoms with Gasteiger partial charge in [-0.15, -0.1) is 17.0 Å². The Morgan fingerprint density at radius 3 is 1.74 bits per heavy atom. The zero-order valence-corrected chi connectivity index (χ0v) is 23.6. The number of carbonyl (C=O) groups is 1. The van der Waals surface area contributed by atoms with E-state index < -0.39 is 11.6 Å². The van der Waals surface area contributed by atoms with Gasteiger partial charge in [-0.2, -0.15) is 0 Å². The fourth-order valence-electron chi connectivity index (χ4n) is 4.36. The topological polar surface area (TPSA) is 58.6 Å². The number of aliphatic hydroxyl groups is 1. The number of ether oxygens (including phenoxy) is 1. The fraction of sp³-hybridized carbons (Fsp3) is 0.567. The number of carbonyl (C=O) groups excluding carboxylic acids is 1. The monoisotopic (exact) mass is 547 g/mol. The lowest BCUT2D eigenvalue weighted by atomic mass is 9.86. The summed E-state index contributed by atoms with van der Waals surface area (Å²) in [4.78, 5) is 13.0. The molecule has 196 valence electrons. The lowest BCUT2D eigenvalue weighted by molar-refractivity contribution is -0.162. The summed E-state index contributed by atoms with van der Waals surface area (Å²) in [5.74, 6) is -0.650. The summed E-state index contributed by atoms with van der Waals surface area (Å²) in [6.07, 6.45) is 13.0. The van der Waals surface area contributed by atoms with Crippen LogP contribution in [0.5, 0.6) is 0 Å². The summed E-state index contributed by atoms with van der Waals surface area (Å²) in [6.45, 7) is 7.42. The van der Waals surface area contributed by atoms with E-state index in [1.807, 2.05) is 36.4 Å². The average Bonchev–Trinajstić information content (AvgIpc) is 2.86. The smallest absolute Gasteiger partial charge is 0.347 e. The quantitative estimate of drug-likeness (QED) is 0.161. The van der Waals surface area contributed by atoms with Crippen molar-refractivity contribution < 1.29 is 14.6 Å². The van der Waals surface area contributed by atoms with Crippen LogP contribution in [0.1, 0.15) is 96.1 Å². The molecule has 0 bridgehead atoms. The summed E-state index contributed by atoms with van der Waals surface area (Å²) >= 11 is 0. The first-order chi connectivity index (χ1) is 16.4. The van der Waals surface area contributed by atoms with Crippen LogP contribution in [0.15, 0.2) is 60.7 Å². The Morgan fingerprint density at radius 1 is 0.800 bits per heavy atom. The molecule has 0 aliphatic carbocycles. The molecule has 0 atom stereocenters. The highest BCUT2D eigenvalue weighted by Gasteiger charge is 2.41. The first-order valence-electron chi connectivity index (χ1n) is 13.2. The minimum atomic E-state index is -1.82. The van der Waals surface area contributed by atoms with Crippen LogP contribution < -0.4 is 5.32 Å². The second kappa shape index (κ2) is 16.9. The standard InChI is InChI=1S/C30H45NO3.BrH/c1-4-5-6-7-8-9-10-11-18-23-29(2,3)31-24-25-34-28(32)30(33,26-19-14-12-15-20-26)27-21-16-13-17-22-27;/h12-17,19-22,31,33H,4-11,18,23-25H2,1-3H3;1H. The van der Waals surface area contributed by atoms with Crippen LogP contribution >= 0.6 is 17.0 Å². The van der Waals surface area contributed by atoms with Crippen molar-refractivity contribution in [3.05, 3.63) is 71.8 Å². The van der Waals surface area contributed by atoms with Crippen molar-refractivity contribution in [2.45, 2.75) is 96.1 Å². The molecule has 2 rings (SSSR count). The number of rotatable bonds is 17. The molecule has 0 fully saturated rings. The normalized spacial score (nSPS) is 11.7. The first-order valence-corrected chi connectivity index (χ1v) is 13.2. The van der Waals surface area contributed by atoms with Crippen LogP contribution in [-0.2, 0) is 15.1 Å². The highest BCUT2D eigenvalue weighted by molar-refractivity contribution is 8.93. The van der Waals surface area contributed by atoms with Gasteiger partial charge < -0.3 is 15.2 Å². The van der Waals surface area contributed by atoms with Gasteiger partial charge in [0.05, 0.1) is 0 Å². The van der Waals surface area contributed by atoms with Gasteiger partial charge in [-0.05, 0) is 31.4 Å². The molecule has 0 aliphatic heterocycles. The number of benzene rings is 2. The summed E-state index contributed by atoms with van der Waals surface area (Å²) in [5, 5.41) is 14.9. The van der Waals surface area contributed by atoms with Crippen LogP contribution in [0.25, 0.3) is 0 Å². The van der Waals surface area contributed by atoms with Gasteiger partial charge in [0.2, 0.25) is 5.60 Å². The largest absolute Gasteiger partial charge is 0.462 e. The maximum absolute atomic E-state index is 13.0. The van der Waals surface area contributed by atoms with Gasteiger partial charge in [0, 0.05) is 12.1 Å². The van der Waals surface area contributed by atoms with E-state index in [9.17, 15) is 9.90 Å². The zero-order chi connectivity index (χ0) is 24.7. The molecule has 0 aromatic heterocycles.